The smallest absolute Gasteiger partial charge is 0.0484 e. The molecule has 1 aliphatic heterocycles. The molecule has 1 aliphatic rings. The lowest BCUT2D eigenvalue weighted by Gasteiger charge is -2.43. The fourth-order valence-electron chi connectivity index (χ4n) is 2.74. The van der Waals surface area contributed by atoms with Crippen molar-refractivity contribution in [3.05, 3.63) is 0 Å². The SMILES string of the molecule is CCCCCCCCC1(CC)CNCCN1Cl.Cl. The Morgan fingerprint density at radius 3 is 2.39 bits per heavy atom. The molecule has 1 saturated heterocycles. The van der Waals surface area contributed by atoms with E-state index >= 15 is 0 Å². The van der Waals surface area contributed by atoms with Crippen LogP contribution in [0.1, 0.15) is 65.2 Å². The Hall–Kier alpha value is 0.500. The molecule has 0 radical (unpaired) electrons. The maximum absolute atomic E-state index is 6.40. The molecule has 0 amide bonds. The summed E-state index contributed by atoms with van der Waals surface area (Å²) in [6.07, 6.45) is 10.6. The lowest BCUT2D eigenvalue weighted by Crippen LogP contribution is -2.57. The molecular weight excluding hydrogens is 267 g/mol. The van der Waals surface area contributed by atoms with Crippen LogP contribution >= 0.6 is 24.2 Å². The zero-order valence-corrected chi connectivity index (χ0v) is 13.6. The van der Waals surface area contributed by atoms with E-state index in [0.29, 0.717) is 0 Å². The van der Waals surface area contributed by atoms with Gasteiger partial charge in [-0.1, -0.05) is 52.4 Å². The highest BCUT2D eigenvalue weighted by Crippen LogP contribution is 2.29. The van der Waals surface area contributed by atoms with Crippen molar-refractivity contribution in [3.63, 3.8) is 0 Å². The molecule has 1 atom stereocenters. The van der Waals surface area contributed by atoms with Crippen LogP contribution in [0.25, 0.3) is 0 Å². The van der Waals surface area contributed by atoms with E-state index in [4.69, 9.17) is 11.8 Å². The fourth-order valence-corrected chi connectivity index (χ4v) is 3.09. The molecule has 1 heterocycles. The standard InChI is InChI=1S/C14H29ClN2.ClH/c1-3-5-6-7-8-9-10-14(4-2)13-16-11-12-17(14)15;/h16H,3-13H2,1-2H3;1H. The topological polar surface area (TPSA) is 15.3 Å². The van der Waals surface area contributed by atoms with Gasteiger partial charge in [0.25, 0.3) is 0 Å². The predicted molar refractivity (Wildman–Crippen MR) is 83.7 cm³/mol. The van der Waals surface area contributed by atoms with Crippen LogP contribution in [0.3, 0.4) is 0 Å². The van der Waals surface area contributed by atoms with Gasteiger partial charge in [0.2, 0.25) is 0 Å². The number of hydrogen-bond acceptors (Lipinski definition) is 2. The Morgan fingerprint density at radius 1 is 1.11 bits per heavy atom. The number of rotatable bonds is 8. The average Bonchev–Trinajstić information content (AvgIpc) is 2.36. The zero-order chi connectivity index (χ0) is 12.6. The summed E-state index contributed by atoms with van der Waals surface area (Å²) in [5.74, 6) is 0. The summed E-state index contributed by atoms with van der Waals surface area (Å²) in [6, 6.07) is 0. The summed E-state index contributed by atoms with van der Waals surface area (Å²) in [5, 5.41) is 3.49. The molecule has 0 spiro atoms. The minimum atomic E-state index is 0. The molecule has 18 heavy (non-hydrogen) atoms. The minimum Gasteiger partial charge on any atom is -0.314 e. The normalized spacial score (nSPS) is 24.8. The van der Waals surface area contributed by atoms with Gasteiger partial charge in [-0.05, 0) is 24.6 Å². The van der Waals surface area contributed by atoms with E-state index in [1.165, 1.54) is 44.9 Å². The Labute approximate surface area is 124 Å². The number of nitrogens with one attached hydrogen (secondary N) is 1. The Bertz CT molecular complexity index is 202. The van der Waals surface area contributed by atoms with E-state index in [9.17, 15) is 0 Å². The Kier molecular flexibility index (Phi) is 10.6. The third-order valence-corrected chi connectivity index (χ3v) is 4.64. The van der Waals surface area contributed by atoms with Gasteiger partial charge in [0.1, 0.15) is 0 Å². The lowest BCUT2D eigenvalue weighted by atomic mass is 9.87. The van der Waals surface area contributed by atoms with Crippen LogP contribution < -0.4 is 5.32 Å². The number of halogens is 2. The highest BCUT2D eigenvalue weighted by molar-refractivity contribution is 6.13. The first-order chi connectivity index (χ1) is 8.25. The van der Waals surface area contributed by atoms with Crippen LogP contribution in [0.15, 0.2) is 0 Å². The molecule has 1 fully saturated rings. The van der Waals surface area contributed by atoms with E-state index in [0.717, 1.165) is 26.1 Å². The molecule has 0 saturated carbocycles. The van der Waals surface area contributed by atoms with Crippen molar-refractivity contribution >= 4 is 24.2 Å². The molecule has 0 aromatic heterocycles. The first kappa shape index (κ1) is 18.5. The van der Waals surface area contributed by atoms with E-state index in [1.54, 1.807) is 0 Å². The van der Waals surface area contributed by atoms with E-state index < -0.39 is 0 Å². The molecule has 0 aliphatic carbocycles. The van der Waals surface area contributed by atoms with Crippen molar-refractivity contribution in [3.8, 4) is 0 Å². The molecular formula is C14H30Cl2N2. The summed E-state index contributed by atoms with van der Waals surface area (Å²) in [6.45, 7) is 7.60. The molecule has 1 rings (SSSR count). The van der Waals surface area contributed by atoms with Gasteiger partial charge >= 0.3 is 0 Å². The first-order valence-electron chi connectivity index (χ1n) is 7.39. The van der Waals surface area contributed by atoms with Gasteiger partial charge in [0.05, 0.1) is 0 Å². The largest absolute Gasteiger partial charge is 0.314 e. The van der Waals surface area contributed by atoms with Crippen molar-refractivity contribution < 1.29 is 0 Å². The second-order valence-electron chi connectivity index (χ2n) is 5.36. The third kappa shape index (κ3) is 5.64. The second-order valence-corrected chi connectivity index (χ2v) is 5.77. The van der Waals surface area contributed by atoms with Gasteiger partial charge in [0.15, 0.2) is 0 Å². The molecule has 0 bridgehead atoms. The van der Waals surface area contributed by atoms with Crippen LogP contribution in [-0.4, -0.2) is 29.6 Å². The van der Waals surface area contributed by atoms with E-state index in [-0.39, 0.29) is 17.9 Å². The Balaban J connectivity index is 0.00000289. The molecule has 110 valence electrons. The van der Waals surface area contributed by atoms with Gasteiger partial charge in [-0.2, -0.15) is 0 Å². The second kappa shape index (κ2) is 10.3. The average molecular weight is 297 g/mol. The van der Waals surface area contributed by atoms with Gasteiger partial charge < -0.3 is 5.32 Å². The number of unbranched alkanes of at least 4 members (excludes halogenated alkanes) is 5. The maximum Gasteiger partial charge on any atom is 0.0484 e. The minimum absolute atomic E-state index is 0. The van der Waals surface area contributed by atoms with Crippen molar-refractivity contribution in [2.75, 3.05) is 19.6 Å². The summed E-state index contributed by atoms with van der Waals surface area (Å²) in [7, 11) is 0. The molecule has 0 aromatic rings. The van der Waals surface area contributed by atoms with Crippen molar-refractivity contribution in [1.29, 1.82) is 0 Å². The van der Waals surface area contributed by atoms with Crippen LogP contribution in [0, 0.1) is 0 Å². The molecule has 1 unspecified atom stereocenters. The van der Waals surface area contributed by atoms with Crippen LogP contribution in [0.2, 0.25) is 0 Å². The zero-order valence-electron chi connectivity index (χ0n) is 12.0. The van der Waals surface area contributed by atoms with Crippen molar-refractivity contribution in [2.45, 2.75) is 70.8 Å². The van der Waals surface area contributed by atoms with Gasteiger partial charge in [-0.25, -0.2) is 4.42 Å². The number of nitrogens with zero attached hydrogens (tertiary/aromatic N) is 1. The van der Waals surface area contributed by atoms with Gasteiger partial charge in [0, 0.05) is 25.2 Å². The van der Waals surface area contributed by atoms with Crippen molar-refractivity contribution in [2.24, 2.45) is 0 Å². The fraction of sp³-hybridized carbons (Fsp3) is 1.00. The third-order valence-electron chi connectivity index (χ3n) is 4.11. The summed E-state index contributed by atoms with van der Waals surface area (Å²) >= 11 is 6.40. The first-order valence-corrected chi connectivity index (χ1v) is 7.73. The quantitative estimate of drug-likeness (QED) is 0.529. The molecule has 1 N–H and O–H groups in total. The monoisotopic (exact) mass is 296 g/mol. The van der Waals surface area contributed by atoms with E-state index in [2.05, 4.69) is 23.6 Å². The lowest BCUT2D eigenvalue weighted by molar-refractivity contribution is 0.131. The summed E-state index contributed by atoms with van der Waals surface area (Å²) < 4.78 is 2.07. The molecule has 4 heteroatoms. The number of hydrogen-bond donors (Lipinski definition) is 1. The highest BCUT2D eigenvalue weighted by Gasteiger charge is 2.35. The van der Waals surface area contributed by atoms with Crippen LogP contribution in [0.5, 0.6) is 0 Å². The molecule has 0 aromatic carbocycles. The predicted octanol–water partition coefficient (Wildman–Crippen LogP) is 4.37. The molecule has 2 nitrogen and oxygen atoms in total. The van der Waals surface area contributed by atoms with Crippen LogP contribution in [-0.2, 0) is 0 Å². The number of piperazine rings is 1. The van der Waals surface area contributed by atoms with Gasteiger partial charge in [-0.15, -0.1) is 12.4 Å². The van der Waals surface area contributed by atoms with Crippen molar-refractivity contribution in [1.82, 2.24) is 9.74 Å². The maximum atomic E-state index is 6.40. The highest BCUT2D eigenvalue weighted by atomic mass is 35.5. The summed E-state index contributed by atoms with van der Waals surface area (Å²) in [4.78, 5) is 0. The van der Waals surface area contributed by atoms with Gasteiger partial charge in [-0.3, -0.25) is 0 Å². The summed E-state index contributed by atoms with van der Waals surface area (Å²) in [5.41, 5.74) is 0.213. The van der Waals surface area contributed by atoms with Crippen LogP contribution in [0.4, 0.5) is 0 Å². The van der Waals surface area contributed by atoms with E-state index in [1.807, 2.05) is 0 Å². The Morgan fingerprint density at radius 2 is 1.78 bits per heavy atom.